The Morgan fingerprint density at radius 2 is 1.34 bits per heavy atom. The molecule has 0 amide bonds. The predicted molar refractivity (Wildman–Crippen MR) is 119 cm³/mol. The van der Waals surface area contributed by atoms with Crippen LogP contribution in [0.1, 0.15) is 0 Å². The lowest BCUT2D eigenvalue weighted by atomic mass is 10.0. The number of rotatable bonds is 4. The average molecular weight is 377 g/mol. The summed E-state index contributed by atoms with van der Waals surface area (Å²) < 4.78 is 5.27. The van der Waals surface area contributed by atoms with Gasteiger partial charge in [-0.25, -0.2) is 0 Å². The van der Waals surface area contributed by atoms with Gasteiger partial charge in [0.05, 0.1) is 7.11 Å². The molecule has 0 saturated carbocycles. The van der Waals surface area contributed by atoms with Gasteiger partial charge in [0.2, 0.25) is 0 Å². The highest BCUT2D eigenvalue weighted by atomic mass is 16.5. The fourth-order valence-electron chi connectivity index (χ4n) is 3.62. The third-order valence-corrected chi connectivity index (χ3v) is 5.09. The molecule has 0 aliphatic carbocycles. The maximum absolute atomic E-state index is 5.27. The highest BCUT2D eigenvalue weighted by Crippen LogP contribution is 2.33. The number of anilines is 2. The SMILES string of the molecule is COc1ccc(-c2nnc(Nc3cccc4ccccc34)c3ccccc23)cc1. The third-order valence-electron chi connectivity index (χ3n) is 5.09. The Hall–Kier alpha value is -3.92. The molecule has 0 aliphatic rings. The molecule has 0 bridgehead atoms. The summed E-state index contributed by atoms with van der Waals surface area (Å²) in [5.41, 5.74) is 2.87. The minimum absolute atomic E-state index is 0.745. The lowest BCUT2D eigenvalue weighted by molar-refractivity contribution is 0.415. The van der Waals surface area contributed by atoms with Gasteiger partial charge >= 0.3 is 0 Å². The van der Waals surface area contributed by atoms with Crippen molar-refractivity contribution >= 4 is 33.1 Å². The minimum atomic E-state index is 0.745. The molecule has 0 unspecified atom stereocenters. The number of aromatic nitrogens is 2. The summed E-state index contributed by atoms with van der Waals surface area (Å²) in [6.45, 7) is 0. The second kappa shape index (κ2) is 7.24. The first-order valence-corrected chi connectivity index (χ1v) is 9.48. The van der Waals surface area contributed by atoms with Crippen LogP contribution in [0.5, 0.6) is 5.75 Å². The fourth-order valence-corrected chi connectivity index (χ4v) is 3.62. The van der Waals surface area contributed by atoms with Crippen LogP contribution in [-0.2, 0) is 0 Å². The van der Waals surface area contributed by atoms with Crippen LogP contribution in [0.3, 0.4) is 0 Å². The minimum Gasteiger partial charge on any atom is -0.497 e. The smallest absolute Gasteiger partial charge is 0.161 e. The topological polar surface area (TPSA) is 47.0 Å². The molecule has 1 heterocycles. The van der Waals surface area contributed by atoms with Crippen LogP contribution in [-0.4, -0.2) is 17.3 Å². The lowest BCUT2D eigenvalue weighted by Gasteiger charge is -2.13. The first-order valence-electron chi connectivity index (χ1n) is 9.48. The molecule has 0 aliphatic heterocycles. The van der Waals surface area contributed by atoms with Crippen LogP contribution >= 0.6 is 0 Å². The largest absolute Gasteiger partial charge is 0.497 e. The van der Waals surface area contributed by atoms with E-state index in [2.05, 4.69) is 51.9 Å². The standard InChI is InChI=1S/C25H19N3O/c1-29-19-15-13-18(14-16-19)24-21-10-4-5-11-22(21)25(28-27-24)26-23-12-6-8-17-7-2-3-9-20(17)23/h2-16H,1H3,(H,26,28). The Labute approximate surface area is 168 Å². The van der Waals surface area contributed by atoms with E-state index in [9.17, 15) is 0 Å². The molecule has 0 saturated heterocycles. The lowest BCUT2D eigenvalue weighted by Crippen LogP contribution is -1.99. The fraction of sp³-hybridized carbons (Fsp3) is 0.0400. The number of methoxy groups -OCH3 is 1. The number of hydrogen-bond acceptors (Lipinski definition) is 4. The molecule has 1 N–H and O–H groups in total. The molecule has 5 aromatic rings. The maximum atomic E-state index is 5.27. The van der Waals surface area contributed by atoms with Gasteiger partial charge in [0.25, 0.3) is 0 Å². The van der Waals surface area contributed by atoms with Gasteiger partial charge in [-0.2, -0.15) is 0 Å². The van der Waals surface area contributed by atoms with Crippen molar-refractivity contribution in [2.75, 3.05) is 12.4 Å². The normalized spacial score (nSPS) is 10.9. The van der Waals surface area contributed by atoms with E-state index in [4.69, 9.17) is 4.74 Å². The second-order valence-electron chi connectivity index (χ2n) is 6.82. The Kier molecular flexibility index (Phi) is 4.30. The zero-order chi connectivity index (χ0) is 19.6. The van der Waals surface area contributed by atoms with Gasteiger partial charge in [0, 0.05) is 27.4 Å². The van der Waals surface area contributed by atoms with Crippen molar-refractivity contribution in [1.29, 1.82) is 0 Å². The molecule has 0 atom stereocenters. The average Bonchev–Trinajstić information content (AvgIpc) is 2.80. The summed E-state index contributed by atoms with van der Waals surface area (Å²) >= 11 is 0. The van der Waals surface area contributed by atoms with Crippen molar-refractivity contribution in [2.45, 2.75) is 0 Å². The predicted octanol–water partition coefficient (Wildman–Crippen LogP) is 6.20. The number of fused-ring (bicyclic) bond motifs is 2. The quantitative estimate of drug-likeness (QED) is 0.405. The van der Waals surface area contributed by atoms with Gasteiger partial charge in [0.15, 0.2) is 5.82 Å². The van der Waals surface area contributed by atoms with Crippen LogP contribution in [0.2, 0.25) is 0 Å². The van der Waals surface area contributed by atoms with Gasteiger partial charge in [-0.05, 0) is 35.7 Å². The molecule has 4 aromatic carbocycles. The molecule has 1 aromatic heterocycles. The van der Waals surface area contributed by atoms with E-state index in [-0.39, 0.29) is 0 Å². The Balaban J connectivity index is 1.62. The van der Waals surface area contributed by atoms with E-state index in [1.165, 1.54) is 5.39 Å². The molecule has 5 rings (SSSR count). The van der Waals surface area contributed by atoms with Crippen LogP contribution in [0.25, 0.3) is 32.8 Å². The summed E-state index contributed by atoms with van der Waals surface area (Å²) in [6, 6.07) is 30.6. The molecule has 4 heteroatoms. The molecule has 29 heavy (non-hydrogen) atoms. The van der Waals surface area contributed by atoms with Gasteiger partial charge in [0.1, 0.15) is 11.4 Å². The van der Waals surface area contributed by atoms with Gasteiger partial charge in [-0.3, -0.25) is 0 Å². The zero-order valence-corrected chi connectivity index (χ0v) is 16.0. The Morgan fingerprint density at radius 3 is 2.14 bits per heavy atom. The van der Waals surface area contributed by atoms with Crippen molar-refractivity contribution in [2.24, 2.45) is 0 Å². The van der Waals surface area contributed by atoms with E-state index in [1.807, 2.05) is 54.6 Å². The second-order valence-corrected chi connectivity index (χ2v) is 6.82. The highest BCUT2D eigenvalue weighted by Gasteiger charge is 2.12. The molecule has 0 spiro atoms. The summed E-state index contributed by atoms with van der Waals surface area (Å²) in [4.78, 5) is 0. The molecule has 140 valence electrons. The molecule has 4 nitrogen and oxygen atoms in total. The Bertz CT molecular complexity index is 1310. The summed E-state index contributed by atoms with van der Waals surface area (Å²) in [5.74, 6) is 1.56. The van der Waals surface area contributed by atoms with Crippen LogP contribution in [0, 0.1) is 0 Å². The van der Waals surface area contributed by atoms with E-state index in [1.54, 1.807) is 7.11 Å². The number of nitrogens with zero attached hydrogens (tertiary/aromatic N) is 2. The van der Waals surface area contributed by atoms with Crippen LogP contribution in [0.15, 0.2) is 91.0 Å². The van der Waals surface area contributed by atoms with Crippen molar-refractivity contribution in [3.63, 3.8) is 0 Å². The van der Waals surface area contributed by atoms with E-state index in [0.29, 0.717) is 0 Å². The van der Waals surface area contributed by atoms with Crippen LogP contribution < -0.4 is 10.1 Å². The van der Waals surface area contributed by atoms with Gasteiger partial charge < -0.3 is 10.1 Å². The molecular weight excluding hydrogens is 358 g/mol. The Morgan fingerprint density at radius 1 is 0.655 bits per heavy atom. The van der Waals surface area contributed by atoms with Crippen molar-refractivity contribution in [3.8, 4) is 17.0 Å². The van der Waals surface area contributed by atoms with Gasteiger partial charge in [-0.1, -0.05) is 60.7 Å². The van der Waals surface area contributed by atoms with Gasteiger partial charge in [-0.15, -0.1) is 10.2 Å². The maximum Gasteiger partial charge on any atom is 0.161 e. The molecule has 0 radical (unpaired) electrons. The summed E-state index contributed by atoms with van der Waals surface area (Å²) in [6.07, 6.45) is 0. The van der Waals surface area contributed by atoms with E-state index >= 15 is 0 Å². The number of nitrogens with one attached hydrogen (secondary N) is 1. The summed E-state index contributed by atoms with van der Waals surface area (Å²) in [7, 11) is 1.66. The molecule has 0 fully saturated rings. The van der Waals surface area contributed by atoms with Crippen molar-refractivity contribution in [1.82, 2.24) is 10.2 Å². The first kappa shape index (κ1) is 17.2. The van der Waals surface area contributed by atoms with E-state index in [0.717, 1.165) is 44.7 Å². The first-order chi connectivity index (χ1) is 14.3. The zero-order valence-electron chi connectivity index (χ0n) is 16.0. The third kappa shape index (κ3) is 3.15. The monoisotopic (exact) mass is 377 g/mol. The number of benzene rings is 4. The highest BCUT2D eigenvalue weighted by molar-refractivity contribution is 6.03. The van der Waals surface area contributed by atoms with E-state index < -0.39 is 0 Å². The summed E-state index contributed by atoms with van der Waals surface area (Å²) in [5, 5.41) is 17.0. The van der Waals surface area contributed by atoms with Crippen molar-refractivity contribution < 1.29 is 4.74 Å². The molecular formula is C25H19N3O. The number of hydrogen-bond donors (Lipinski definition) is 1. The number of ether oxygens (including phenoxy) is 1. The van der Waals surface area contributed by atoms with Crippen LogP contribution in [0.4, 0.5) is 11.5 Å². The van der Waals surface area contributed by atoms with Crippen molar-refractivity contribution in [3.05, 3.63) is 91.0 Å².